The summed E-state index contributed by atoms with van der Waals surface area (Å²) < 4.78 is 25.1. The van der Waals surface area contributed by atoms with Gasteiger partial charge in [-0.2, -0.15) is 5.26 Å². The molecular weight excluding hydrogens is 246 g/mol. The normalized spacial score (nSPS) is 28.7. The predicted molar refractivity (Wildman–Crippen MR) is 72.9 cm³/mol. The van der Waals surface area contributed by atoms with Crippen LogP contribution in [0.15, 0.2) is 0 Å². The van der Waals surface area contributed by atoms with E-state index in [-0.39, 0.29) is 23.9 Å². The summed E-state index contributed by atoms with van der Waals surface area (Å²) in [5, 5.41) is 9.23. The van der Waals surface area contributed by atoms with Gasteiger partial charge in [-0.15, -0.1) is 0 Å². The van der Waals surface area contributed by atoms with Gasteiger partial charge in [-0.25, -0.2) is 8.78 Å². The first-order valence-electron chi connectivity index (χ1n) is 7.19. The number of nitriles is 1. The topological polar surface area (TPSA) is 27.0 Å². The van der Waals surface area contributed by atoms with E-state index in [1.54, 1.807) is 11.9 Å². The molecule has 1 rings (SSSR count). The molecule has 0 aromatic rings. The molecule has 19 heavy (non-hydrogen) atoms. The Hall–Kier alpha value is -0.690. The molecule has 1 aliphatic carbocycles. The number of rotatable bonds is 5. The van der Waals surface area contributed by atoms with Crippen LogP contribution >= 0.6 is 0 Å². The highest BCUT2D eigenvalue weighted by atomic mass is 19.3. The van der Waals surface area contributed by atoms with E-state index in [0.717, 1.165) is 25.7 Å². The third kappa shape index (κ3) is 4.14. The molecule has 3 unspecified atom stereocenters. The highest BCUT2D eigenvalue weighted by Crippen LogP contribution is 2.43. The Bertz CT molecular complexity index is 323. The second-order valence-corrected chi connectivity index (χ2v) is 6.49. The Balaban J connectivity index is 2.77. The van der Waals surface area contributed by atoms with Crippen molar-refractivity contribution in [2.75, 3.05) is 13.6 Å². The van der Waals surface area contributed by atoms with Gasteiger partial charge in [0.25, 0.3) is 6.43 Å². The molecule has 0 spiro atoms. The number of alkyl halides is 2. The largest absolute Gasteiger partial charge is 0.297 e. The summed E-state index contributed by atoms with van der Waals surface area (Å²) in [5.74, 6) is 0.417. The van der Waals surface area contributed by atoms with Gasteiger partial charge in [-0.05, 0) is 37.6 Å². The van der Waals surface area contributed by atoms with Crippen LogP contribution in [0.2, 0.25) is 0 Å². The zero-order valence-corrected chi connectivity index (χ0v) is 12.5. The first-order chi connectivity index (χ1) is 8.81. The van der Waals surface area contributed by atoms with E-state index in [1.807, 2.05) is 0 Å². The second kappa shape index (κ2) is 6.65. The van der Waals surface area contributed by atoms with Gasteiger partial charge in [0, 0.05) is 6.04 Å². The second-order valence-electron chi connectivity index (χ2n) is 6.49. The van der Waals surface area contributed by atoms with Crippen molar-refractivity contribution in [3.8, 4) is 6.07 Å². The number of hydrogen-bond donors (Lipinski definition) is 0. The summed E-state index contributed by atoms with van der Waals surface area (Å²) in [4.78, 5) is 1.69. The van der Waals surface area contributed by atoms with Crippen LogP contribution in [0.3, 0.4) is 0 Å². The van der Waals surface area contributed by atoms with Gasteiger partial charge in [-0.1, -0.05) is 27.2 Å². The van der Waals surface area contributed by atoms with Crippen LogP contribution in [0.1, 0.15) is 46.5 Å². The van der Waals surface area contributed by atoms with Crippen LogP contribution in [0.4, 0.5) is 8.78 Å². The molecule has 3 atom stereocenters. The van der Waals surface area contributed by atoms with E-state index in [2.05, 4.69) is 26.8 Å². The lowest BCUT2D eigenvalue weighted by molar-refractivity contribution is 0.0277. The summed E-state index contributed by atoms with van der Waals surface area (Å²) in [6, 6.07) is 2.29. The van der Waals surface area contributed by atoms with Crippen LogP contribution in [0.25, 0.3) is 0 Å². The van der Waals surface area contributed by atoms with Crippen molar-refractivity contribution in [2.24, 2.45) is 17.3 Å². The van der Waals surface area contributed by atoms with E-state index in [4.69, 9.17) is 0 Å². The average molecular weight is 272 g/mol. The lowest BCUT2D eigenvalue weighted by Gasteiger charge is -2.44. The molecule has 0 bridgehead atoms. The molecule has 1 saturated carbocycles. The molecule has 0 saturated heterocycles. The average Bonchev–Trinajstić information content (AvgIpc) is 2.37. The summed E-state index contributed by atoms with van der Waals surface area (Å²) in [6.45, 7) is 6.43. The lowest BCUT2D eigenvalue weighted by atomic mass is 9.66. The summed E-state index contributed by atoms with van der Waals surface area (Å²) >= 11 is 0. The Kier molecular flexibility index (Phi) is 5.73. The van der Waals surface area contributed by atoms with Crippen LogP contribution in [-0.2, 0) is 0 Å². The van der Waals surface area contributed by atoms with Gasteiger partial charge in [0.1, 0.15) is 0 Å². The SMILES string of the molecule is CCC(C)(C)C1CCC(C#N)C(N(C)CC(F)F)C1. The Labute approximate surface area is 115 Å². The van der Waals surface area contributed by atoms with E-state index >= 15 is 0 Å². The third-order valence-electron chi connectivity index (χ3n) is 4.99. The van der Waals surface area contributed by atoms with E-state index < -0.39 is 6.43 Å². The fourth-order valence-electron chi connectivity index (χ4n) is 3.14. The molecule has 0 N–H and O–H groups in total. The maximum absolute atomic E-state index is 12.5. The number of nitrogens with zero attached hydrogens (tertiary/aromatic N) is 2. The molecular formula is C15H26F2N2. The fraction of sp³-hybridized carbons (Fsp3) is 0.933. The Morgan fingerprint density at radius 1 is 1.37 bits per heavy atom. The summed E-state index contributed by atoms with van der Waals surface area (Å²) in [7, 11) is 1.72. The zero-order chi connectivity index (χ0) is 14.6. The van der Waals surface area contributed by atoms with Crippen molar-refractivity contribution in [3.63, 3.8) is 0 Å². The van der Waals surface area contributed by atoms with Crippen LogP contribution in [-0.4, -0.2) is 31.0 Å². The summed E-state index contributed by atoms with van der Waals surface area (Å²) in [5.41, 5.74) is 0.227. The number of hydrogen-bond acceptors (Lipinski definition) is 2. The standard InChI is InChI=1S/C15H26F2N2/c1-5-15(2,3)12-7-6-11(9-18)13(8-12)19(4)10-14(16)17/h11-14H,5-8,10H2,1-4H3. The minimum absolute atomic E-state index is 0.0245. The zero-order valence-electron chi connectivity index (χ0n) is 12.5. The van der Waals surface area contributed by atoms with Gasteiger partial charge in [0.2, 0.25) is 0 Å². The van der Waals surface area contributed by atoms with E-state index in [9.17, 15) is 14.0 Å². The predicted octanol–water partition coefficient (Wildman–Crippen LogP) is 3.93. The Morgan fingerprint density at radius 3 is 2.47 bits per heavy atom. The molecule has 1 fully saturated rings. The molecule has 4 heteroatoms. The summed E-state index contributed by atoms with van der Waals surface area (Å²) in [6.07, 6.45) is 1.49. The van der Waals surface area contributed by atoms with Crippen LogP contribution in [0, 0.1) is 28.6 Å². The van der Waals surface area contributed by atoms with Crippen LogP contribution < -0.4 is 0 Å². The van der Waals surface area contributed by atoms with Crippen molar-refractivity contribution >= 4 is 0 Å². The smallest absolute Gasteiger partial charge is 0.251 e. The molecule has 110 valence electrons. The monoisotopic (exact) mass is 272 g/mol. The molecule has 0 aliphatic heterocycles. The molecule has 0 aromatic heterocycles. The van der Waals surface area contributed by atoms with Gasteiger partial charge < -0.3 is 0 Å². The fourth-order valence-corrected chi connectivity index (χ4v) is 3.14. The maximum atomic E-state index is 12.5. The van der Waals surface area contributed by atoms with Gasteiger partial charge in [0.15, 0.2) is 0 Å². The minimum Gasteiger partial charge on any atom is -0.297 e. The maximum Gasteiger partial charge on any atom is 0.251 e. The highest BCUT2D eigenvalue weighted by Gasteiger charge is 2.39. The van der Waals surface area contributed by atoms with E-state index in [1.165, 1.54) is 0 Å². The molecule has 0 aromatic carbocycles. The molecule has 0 amide bonds. The third-order valence-corrected chi connectivity index (χ3v) is 4.99. The quantitative estimate of drug-likeness (QED) is 0.758. The molecule has 2 nitrogen and oxygen atoms in total. The van der Waals surface area contributed by atoms with Gasteiger partial charge in [0.05, 0.1) is 18.5 Å². The van der Waals surface area contributed by atoms with Crippen LogP contribution in [0.5, 0.6) is 0 Å². The van der Waals surface area contributed by atoms with Crippen molar-refractivity contribution in [3.05, 3.63) is 0 Å². The molecule has 1 aliphatic rings. The number of halogens is 2. The minimum atomic E-state index is -2.33. The van der Waals surface area contributed by atoms with Crippen molar-refractivity contribution in [1.29, 1.82) is 5.26 Å². The van der Waals surface area contributed by atoms with Gasteiger partial charge in [-0.3, -0.25) is 4.90 Å². The Morgan fingerprint density at radius 2 is 2.00 bits per heavy atom. The lowest BCUT2D eigenvalue weighted by Crippen LogP contribution is -2.46. The van der Waals surface area contributed by atoms with E-state index in [0.29, 0.717) is 5.92 Å². The first-order valence-corrected chi connectivity index (χ1v) is 7.19. The highest BCUT2D eigenvalue weighted by molar-refractivity contribution is 4.99. The van der Waals surface area contributed by atoms with Gasteiger partial charge >= 0.3 is 0 Å². The first kappa shape index (κ1) is 16.4. The van der Waals surface area contributed by atoms with Crippen molar-refractivity contribution in [2.45, 2.75) is 58.9 Å². The molecule has 0 heterocycles. The van der Waals surface area contributed by atoms with Crippen molar-refractivity contribution in [1.82, 2.24) is 4.90 Å². The molecule has 0 radical (unpaired) electrons. The van der Waals surface area contributed by atoms with Crippen molar-refractivity contribution < 1.29 is 8.78 Å².